The van der Waals surface area contributed by atoms with E-state index in [0.717, 1.165) is 27.7 Å². The lowest BCUT2D eigenvalue weighted by molar-refractivity contribution is 0.102. The van der Waals surface area contributed by atoms with Gasteiger partial charge in [0.25, 0.3) is 5.56 Å². The van der Waals surface area contributed by atoms with E-state index in [1.807, 2.05) is 37.4 Å². The van der Waals surface area contributed by atoms with Crippen LogP contribution in [-0.4, -0.2) is 35.9 Å². The van der Waals surface area contributed by atoms with Gasteiger partial charge in [-0.2, -0.15) is 0 Å². The summed E-state index contributed by atoms with van der Waals surface area (Å²) < 4.78 is 2.83. The predicted octanol–water partition coefficient (Wildman–Crippen LogP) is 0.350. The molecule has 0 radical (unpaired) electrons. The quantitative estimate of drug-likeness (QED) is 0.462. The first-order valence-electron chi connectivity index (χ1n) is 8.05. The van der Waals surface area contributed by atoms with Gasteiger partial charge in [0.15, 0.2) is 10.9 Å². The second kappa shape index (κ2) is 7.62. The summed E-state index contributed by atoms with van der Waals surface area (Å²) in [5.41, 5.74) is 5.18. The summed E-state index contributed by atoms with van der Waals surface area (Å²) in [6.45, 7) is 0. The number of H-pyrrole nitrogens is 1. The zero-order valence-electron chi connectivity index (χ0n) is 14.8. The standard InChI is InChI=1S/C17H18N6O3S/c1-22-12(8-10-6-4-3-5-7-10)20-21-17(22)27-9-11(24)13-14(18)23(2)16(26)19-15(13)25/h3-7H,8-9,18H2,1-2H3,(H,19,25,26). The number of hydrogen-bond donors (Lipinski definition) is 2. The van der Waals surface area contributed by atoms with Gasteiger partial charge in [0.1, 0.15) is 17.2 Å². The first-order valence-corrected chi connectivity index (χ1v) is 9.04. The van der Waals surface area contributed by atoms with Gasteiger partial charge in [0.2, 0.25) is 0 Å². The minimum Gasteiger partial charge on any atom is -0.384 e. The minimum atomic E-state index is -0.788. The fourth-order valence-corrected chi connectivity index (χ4v) is 3.31. The van der Waals surface area contributed by atoms with Crippen molar-refractivity contribution in [3.63, 3.8) is 0 Å². The minimum absolute atomic E-state index is 0.0528. The largest absolute Gasteiger partial charge is 0.384 e. The van der Waals surface area contributed by atoms with Crippen LogP contribution < -0.4 is 17.0 Å². The second-order valence-corrected chi connectivity index (χ2v) is 6.85. The number of aromatic amines is 1. The molecule has 0 saturated heterocycles. The highest BCUT2D eigenvalue weighted by Gasteiger charge is 2.19. The molecule has 0 aliphatic carbocycles. The maximum absolute atomic E-state index is 12.4. The van der Waals surface area contributed by atoms with Gasteiger partial charge in [-0.05, 0) is 5.56 Å². The van der Waals surface area contributed by atoms with Gasteiger partial charge < -0.3 is 10.3 Å². The number of ketones is 1. The maximum atomic E-state index is 12.4. The van der Waals surface area contributed by atoms with Crippen LogP contribution in [0.5, 0.6) is 0 Å². The Morgan fingerprint density at radius 3 is 2.56 bits per heavy atom. The monoisotopic (exact) mass is 386 g/mol. The molecular formula is C17H18N6O3S. The number of rotatable bonds is 6. The lowest BCUT2D eigenvalue weighted by atomic mass is 10.1. The van der Waals surface area contributed by atoms with Crippen molar-refractivity contribution in [1.29, 1.82) is 0 Å². The molecule has 0 saturated carbocycles. The lowest BCUT2D eigenvalue weighted by Gasteiger charge is -2.07. The van der Waals surface area contributed by atoms with Gasteiger partial charge in [-0.1, -0.05) is 42.1 Å². The molecule has 140 valence electrons. The average molecular weight is 386 g/mol. The van der Waals surface area contributed by atoms with Crippen LogP contribution in [0, 0.1) is 0 Å². The number of carbonyl (C=O) groups is 1. The fraction of sp³-hybridized carbons (Fsp3) is 0.235. The number of carbonyl (C=O) groups excluding carboxylic acids is 1. The zero-order chi connectivity index (χ0) is 19.6. The van der Waals surface area contributed by atoms with Crippen LogP contribution in [0.15, 0.2) is 45.1 Å². The van der Waals surface area contributed by atoms with Crippen LogP contribution in [0.3, 0.4) is 0 Å². The molecule has 0 amide bonds. The number of nitrogens with one attached hydrogen (secondary N) is 1. The SMILES string of the molecule is Cn1c(Cc2ccccc2)nnc1SCC(=O)c1c(N)n(C)c(=O)[nH]c1=O. The molecule has 9 nitrogen and oxygen atoms in total. The van der Waals surface area contributed by atoms with E-state index in [2.05, 4.69) is 15.2 Å². The van der Waals surface area contributed by atoms with Crippen LogP contribution in [0.2, 0.25) is 0 Å². The Labute approximate surface area is 158 Å². The normalized spacial score (nSPS) is 10.9. The molecule has 27 heavy (non-hydrogen) atoms. The smallest absolute Gasteiger partial charge is 0.329 e. The maximum Gasteiger partial charge on any atom is 0.329 e. The van der Waals surface area contributed by atoms with Crippen molar-refractivity contribution >= 4 is 23.4 Å². The highest BCUT2D eigenvalue weighted by Crippen LogP contribution is 2.19. The van der Waals surface area contributed by atoms with Gasteiger partial charge in [-0.15, -0.1) is 10.2 Å². The Hall–Kier alpha value is -3.14. The number of nitrogens with zero attached hydrogens (tertiary/aromatic N) is 4. The molecule has 0 aliphatic heterocycles. The van der Waals surface area contributed by atoms with E-state index in [4.69, 9.17) is 5.73 Å². The summed E-state index contributed by atoms with van der Waals surface area (Å²) in [5, 5.41) is 8.82. The number of nitrogen functional groups attached to an aromatic ring is 1. The third-order valence-electron chi connectivity index (χ3n) is 4.11. The molecule has 2 aromatic heterocycles. The molecule has 2 heterocycles. The van der Waals surface area contributed by atoms with E-state index < -0.39 is 17.0 Å². The van der Waals surface area contributed by atoms with Gasteiger partial charge in [0, 0.05) is 20.5 Å². The number of aromatic nitrogens is 5. The van der Waals surface area contributed by atoms with Gasteiger partial charge in [-0.3, -0.25) is 19.1 Å². The van der Waals surface area contributed by atoms with Crippen molar-refractivity contribution in [2.24, 2.45) is 14.1 Å². The summed E-state index contributed by atoms with van der Waals surface area (Å²) >= 11 is 1.15. The number of anilines is 1. The molecule has 1 aromatic carbocycles. The lowest BCUT2D eigenvalue weighted by Crippen LogP contribution is -2.35. The summed E-state index contributed by atoms with van der Waals surface area (Å²) in [5.74, 6) is 0.0673. The molecular weight excluding hydrogens is 368 g/mol. The van der Waals surface area contributed by atoms with Crippen molar-refractivity contribution in [2.75, 3.05) is 11.5 Å². The summed E-state index contributed by atoms with van der Waals surface area (Å²) in [6.07, 6.45) is 0.617. The third-order valence-corrected chi connectivity index (χ3v) is 5.13. The molecule has 0 unspecified atom stereocenters. The number of nitrogens with two attached hydrogens (primary N) is 1. The molecule has 0 spiro atoms. The Bertz CT molecular complexity index is 1100. The Morgan fingerprint density at radius 2 is 1.85 bits per heavy atom. The molecule has 3 N–H and O–H groups in total. The summed E-state index contributed by atoms with van der Waals surface area (Å²) in [4.78, 5) is 37.9. The number of thioether (sulfide) groups is 1. The van der Waals surface area contributed by atoms with E-state index in [0.29, 0.717) is 11.6 Å². The van der Waals surface area contributed by atoms with Gasteiger partial charge >= 0.3 is 5.69 Å². The second-order valence-electron chi connectivity index (χ2n) is 5.91. The first kappa shape index (κ1) is 18.6. The zero-order valence-corrected chi connectivity index (χ0v) is 15.6. The topological polar surface area (TPSA) is 129 Å². The van der Waals surface area contributed by atoms with Crippen molar-refractivity contribution in [3.8, 4) is 0 Å². The van der Waals surface area contributed by atoms with Crippen LogP contribution >= 0.6 is 11.8 Å². The average Bonchev–Trinajstić information content (AvgIpc) is 2.99. The molecule has 0 fully saturated rings. The molecule has 0 atom stereocenters. The van der Waals surface area contributed by atoms with Crippen molar-refractivity contribution < 1.29 is 4.79 Å². The third kappa shape index (κ3) is 3.85. The first-order chi connectivity index (χ1) is 12.9. The van der Waals surface area contributed by atoms with Crippen LogP contribution in [0.25, 0.3) is 0 Å². The highest BCUT2D eigenvalue weighted by atomic mass is 32.2. The van der Waals surface area contributed by atoms with Crippen molar-refractivity contribution in [3.05, 3.63) is 68.1 Å². The molecule has 10 heteroatoms. The number of benzene rings is 1. The predicted molar refractivity (Wildman–Crippen MR) is 102 cm³/mol. The Balaban J connectivity index is 1.75. The summed E-state index contributed by atoms with van der Waals surface area (Å²) in [7, 11) is 3.20. The Morgan fingerprint density at radius 1 is 1.15 bits per heavy atom. The van der Waals surface area contributed by atoms with Crippen LogP contribution in [0.1, 0.15) is 21.7 Å². The van der Waals surface area contributed by atoms with E-state index in [9.17, 15) is 14.4 Å². The molecule has 3 rings (SSSR count). The highest BCUT2D eigenvalue weighted by molar-refractivity contribution is 7.99. The Kier molecular flexibility index (Phi) is 5.26. The van der Waals surface area contributed by atoms with E-state index in [1.54, 1.807) is 4.57 Å². The van der Waals surface area contributed by atoms with Crippen molar-refractivity contribution in [2.45, 2.75) is 11.6 Å². The number of hydrogen-bond acceptors (Lipinski definition) is 7. The van der Waals surface area contributed by atoms with Gasteiger partial charge in [-0.25, -0.2) is 4.79 Å². The van der Waals surface area contributed by atoms with Gasteiger partial charge in [0.05, 0.1) is 5.75 Å². The molecule has 3 aromatic rings. The molecule has 0 bridgehead atoms. The van der Waals surface area contributed by atoms with E-state index in [-0.39, 0.29) is 17.1 Å². The molecule has 0 aliphatic rings. The fourth-order valence-electron chi connectivity index (χ4n) is 2.51. The van der Waals surface area contributed by atoms with E-state index in [1.165, 1.54) is 7.05 Å². The van der Waals surface area contributed by atoms with Crippen LogP contribution in [0.4, 0.5) is 5.82 Å². The van der Waals surface area contributed by atoms with Crippen molar-refractivity contribution in [1.82, 2.24) is 24.3 Å². The van der Waals surface area contributed by atoms with E-state index >= 15 is 0 Å². The number of Topliss-reactive ketones (excluding diaryl/α,β-unsaturated/α-hetero) is 1. The summed E-state index contributed by atoms with van der Waals surface area (Å²) in [6, 6.07) is 9.85. The van der Waals surface area contributed by atoms with Crippen LogP contribution in [-0.2, 0) is 20.5 Å².